The van der Waals surface area contributed by atoms with Gasteiger partial charge in [0.25, 0.3) is 0 Å². The van der Waals surface area contributed by atoms with E-state index < -0.39 is 0 Å². The smallest absolute Gasteiger partial charge is 0.309 e. The van der Waals surface area contributed by atoms with Gasteiger partial charge >= 0.3 is 5.97 Å². The molecule has 4 aliphatic heterocycles. The third-order valence-electron chi connectivity index (χ3n) is 10.9. The van der Waals surface area contributed by atoms with Gasteiger partial charge < -0.3 is 33.6 Å². The second kappa shape index (κ2) is 21.1. The lowest BCUT2D eigenvalue weighted by Crippen LogP contribution is -2.32. The van der Waals surface area contributed by atoms with Crippen LogP contribution in [0.3, 0.4) is 0 Å². The maximum atomic E-state index is 11.9. The average molecular weight is 651 g/mol. The maximum Gasteiger partial charge on any atom is 0.309 e. The van der Waals surface area contributed by atoms with Gasteiger partial charge in [0.15, 0.2) is 0 Å². The third kappa shape index (κ3) is 13.1. The fourth-order valence-corrected chi connectivity index (χ4v) is 8.12. The van der Waals surface area contributed by atoms with Crippen LogP contribution in [0.2, 0.25) is 0 Å². The summed E-state index contributed by atoms with van der Waals surface area (Å²) in [6.45, 7) is 4.09. The highest BCUT2D eigenvalue weighted by Crippen LogP contribution is 2.34. The maximum absolute atomic E-state index is 11.9. The first-order valence-corrected chi connectivity index (χ1v) is 19.3. The summed E-state index contributed by atoms with van der Waals surface area (Å²) in [7, 11) is 0. The molecule has 0 saturated carbocycles. The zero-order valence-electron chi connectivity index (χ0n) is 29.2. The third-order valence-corrected chi connectivity index (χ3v) is 10.9. The van der Waals surface area contributed by atoms with Crippen molar-refractivity contribution in [1.82, 2.24) is 0 Å². The molecule has 46 heavy (non-hydrogen) atoms. The number of hydrogen-bond acceptors (Lipinski definition) is 8. The number of cyclic esters (lactones) is 1. The largest absolute Gasteiger partial charge is 0.462 e. The second-order valence-corrected chi connectivity index (χ2v) is 14.8. The number of esters is 1. The summed E-state index contributed by atoms with van der Waals surface area (Å²) < 4.78 is 30.6. The molecule has 4 fully saturated rings. The van der Waals surface area contributed by atoms with Crippen LogP contribution in [-0.2, 0) is 33.3 Å². The second-order valence-electron chi connectivity index (χ2n) is 14.8. The van der Waals surface area contributed by atoms with Gasteiger partial charge in [-0.1, -0.05) is 84.0 Å². The predicted molar refractivity (Wildman–Crippen MR) is 178 cm³/mol. The van der Waals surface area contributed by atoms with E-state index in [1.165, 1.54) is 64.2 Å². The minimum absolute atomic E-state index is 0.00238. The van der Waals surface area contributed by atoms with Crippen LogP contribution in [0, 0.1) is 5.92 Å². The molecule has 4 heterocycles. The van der Waals surface area contributed by atoms with Crippen molar-refractivity contribution in [3.63, 3.8) is 0 Å². The topological polar surface area (TPSA) is 101 Å². The van der Waals surface area contributed by atoms with E-state index in [0.717, 1.165) is 77.0 Å². The SMILES string of the molecule is CCCCCCCCCC[C@H](O)[C@@H]1CC[C@@H]([C@@H]2CC[C@H]([C@H]3CC[C@H](CCCCCCC[C@H]4C[C@@H](CC(C)=O)C(=O)O4)O3)OCO2)O1. The van der Waals surface area contributed by atoms with Gasteiger partial charge in [-0.2, -0.15) is 0 Å². The molecule has 0 spiro atoms. The number of Topliss-reactive ketones (excluding diaryl/α,β-unsaturated/α-hetero) is 1. The monoisotopic (exact) mass is 650 g/mol. The lowest BCUT2D eigenvalue weighted by molar-refractivity contribution is -0.154. The molecule has 0 amide bonds. The molecule has 0 aromatic heterocycles. The van der Waals surface area contributed by atoms with Crippen molar-refractivity contribution in [3.05, 3.63) is 0 Å². The Kier molecular flexibility index (Phi) is 17.3. The van der Waals surface area contributed by atoms with Crippen LogP contribution in [0.1, 0.15) is 168 Å². The van der Waals surface area contributed by atoms with E-state index in [9.17, 15) is 14.7 Å². The molecule has 0 unspecified atom stereocenters. The Morgan fingerprint density at radius 3 is 1.96 bits per heavy atom. The zero-order valence-corrected chi connectivity index (χ0v) is 29.2. The van der Waals surface area contributed by atoms with E-state index >= 15 is 0 Å². The van der Waals surface area contributed by atoms with Gasteiger partial charge in [0, 0.05) is 6.42 Å². The molecule has 9 atom stereocenters. The molecule has 4 aliphatic rings. The van der Waals surface area contributed by atoms with Gasteiger partial charge in [-0.25, -0.2) is 0 Å². The van der Waals surface area contributed by atoms with Crippen LogP contribution in [0.5, 0.6) is 0 Å². The molecule has 1 N–H and O–H groups in total. The minimum atomic E-state index is -0.366. The number of carbonyl (C=O) groups excluding carboxylic acids is 2. The summed E-state index contributed by atoms with van der Waals surface area (Å²) in [6, 6.07) is 0. The average Bonchev–Trinajstić information content (AvgIpc) is 3.75. The molecule has 8 heteroatoms. The lowest BCUT2D eigenvalue weighted by atomic mass is 9.96. The van der Waals surface area contributed by atoms with E-state index in [2.05, 4.69) is 6.92 Å². The van der Waals surface area contributed by atoms with Crippen molar-refractivity contribution < 1.29 is 38.4 Å². The Balaban J connectivity index is 1.01. The molecular formula is C38H66O8. The summed E-state index contributed by atoms with van der Waals surface area (Å²) >= 11 is 0. The predicted octanol–water partition coefficient (Wildman–Crippen LogP) is 8.14. The first kappa shape index (κ1) is 37.8. The molecule has 4 rings (SSSR count). The Labute approximate surface area is 279 Å². The first-order valence-electron chi connectivity index (χ1n) is 19.3. The van der Waals surface area contributed by atoms with Crippen molar-refractivity contribution in [2.75, 3.05) is 6.79 Å². The van der Waals surface area contributed by atoms with Gasteiger partial charge in [-0.05, 0) is 77.6 Å². The molecule has 0 radical (unpaired) electrons. The number of ketones is 1. The van der Waals surface area contributed by atoms with E-state index in [1.54, 1.807) is 6.92 Å². The summed E-state index contributed by atoms with van der Waals surface area (Å²) in [5.41, 5.74) is 0. The number of unbranched alkanes of at least 4 members (excludes halogenated alkanes) is 11. The van der Waals surface area contributed by atoms with Crippen LogP contribution in [0.25, 0.3) is 0 Å². The van der Waals surface area contributed by atoms with Gasteiger partial charge in [0.2, 0.25) is 0 Å². The first-order chi connectivity index (χ1) is 22.4. The van der Waals surface area contributed by atoms with Crippen LogP contribution in [-0.4, -0.2) is 72.5 Å². The van der Waals surface area contributed by atoms with E-state index in [-0.39, 0.29) is 60.4 Å². The Morgan fingerprint density at radius 2 is 1.28 bits per heavy atom. The molecule has 8 nitrogen and oxygen atoms in total. The summed E-state index contributed by atoms with van der Waals surface area (Å²) in [4.78, 5) is 23.2. The number of carbonyl (C=O) groups is 2. The van der Waals surface area contributed by atoms with E-state index in [4.69, 9.17) is 23.7 Å². The molecule has 0 aromatic rings. The van der Waals surface area contributed by atoms with Gasteiger partial charge in [0.1, 0.15) is 18.7 Å². The molecule has 4 saturated heterocycles. The van der Waals surface area contributed by atoms with Crippen molar-refractivity contribution in [2.45, 2.75) is 217 Å². The van der Waals surface area contributed by atoms with Crippen molar-refractivity contribution in [1.29, 1.82) is 0 Å². The number of aliphatic hydroxyl groups excluding tert-OH is 1. The quantitative estimate of drug-likeness (QED) is 0.0926. The Hall–Kier alpha value is -1.06. The lowest BCUT2D eigenvalue weighted by Gasteiger charge is -2.24. The van der Waals surface area contributed by atoms with E-state index in [0.29, 0.717) is 25.7 Å². The normalized spacial score (nSPS) is 32.5. The van der Waals surface area contributed by atoms with Gasteiger partial charge in [-0.15, -0.1) is 0 Å². The fraction of sp³-hybridized carbons (Fsp3) is 0.947. The van der Waals surface area contributed by atoms with Gasteiger partial charge in [-0.3, -0.25) is 4.79 Å². The van der Waals surface area contributed by atoms with Crippen LogP contribution < -0.4 is 0 Å². The summed E-state index contributed by atoms with van der Waals surface area (Å²) in [6.07, 6.45) is 26.0. The van der Waals surface area contributed by atoms with Gasteiger partial charge in [0.05, 0.1) is 48.6 Å². The number of ether oxygens (including phenoxy) is 5. The molecule has 0 aliphatic carbocycles. The van der Waals surface area contributed by atoms with Crippen molar-refractivity contribution in [3.8, 4) is 0 Å². The Bertz CT molecular complexity index is 866. The highest BCUT2D eigenvalue weighted by atomic mass is 16.7. The molecule has 0 bridgehead atoms. The zero-order chi connectivity index (χ0) is 32.6. The van der Waals surface area contributed by atoms with Crippen LogP contribution >= 0.6 is 0 Å². The summed E-state index contributed by atoms with van der Waals surface area (Å²) in [5, 5.41) is 10.8. The summed E-state index contributed by atoms with van der Waals surface area (Å²) in [5.74, 6) is -0.347. The number of hydrogen-bond donors (Lipinski definition) is 1. The number of rotatable bonds is 22. The molecule has 0 aromatic carbocycles. The van der Waals surface area contributed by atoms with Crippen molar-refractivity contribution >= 4 is 11.8 Å². The molecule has 266 valence electrons. The Morgan fingerprint density at radius 1 is 0.717 bits per heavy atom. The van der Waals surface area contributed by atoms with Crippen LogP contribution in [0.4, 0.5) is 0 Å². The fourth-order valence-electron chi connectivity index (χ4n) is 8.12. The standard InChI is InChI=1S/C38H66O8/c1-3-4-5-6-7-8-12-15-18-32(40)33-21-24-37(46-33)35-23-22-34(42-27-43-35)36-20-19-30(44-36)16-13-10-9-11-14-17-31-26-29(25-28(2)39)38(41)45-31/h29-37,40H,3-27H2,1-2H3/t29-,30+,31+,32+,33+,34-,35+,36-,37+/m1/s1. The highest BCUT2D eigenvalue weighted by molar-refractivity contribution is 5.83. The van der Waals surface area contributed by atoms with Crippen molar-refractivity contribution in [2.24, 2.45) is 5.92 Å². The minimum Gasteiger partial charge on any atom is -0.462 e. The number of aliphatic hydroxyl groups is 1. The highest BCUT2D eigenvalue weighted by Gasteiger charge is 2.39. The van der Waals surface area contributed by atoms with Crippen LogP contribution in [0.15, 0.2) is 0 Å². The van der Waals surface area contributed by atoms with E-state index in [1.807, 2.05) is 0 Å². The molecular weight excluding hydrogens is 584 g/mol.